The topological polar surface area (TPSA) is 47.0 Å². The predicted molar refractivity (Wildman–Crippen MR) is 62.2 cm³/mol. The summed E-state index contributed by atoms with van der Waals surface area (Å²) in [6.45, 7) is 8.95. The molecule has 1 rings (SSSR count). The molecule has 0 fully saturated rings. The van der Waals surface area contributed by atoms with E-state index < -0.39 is 0 Å². The lowest BCUT2D eigenvalue weighted by molar-refractivity contribution is 0.313. The van der Waals surface area contributed by atoms with E-state index in [0.717, 1.165) is 24.5 Å². The van der Waals surface area contributed by atoms with Crippen LogP contribution in [0.15, 0.2) is 0 Å². The Balaban J connectivity index is 2.26. The van der Waals surface area contributed by atoms with Crippen molar-refractivity contribution in [3.63, 3.8) is 0 Å². The SMILES string of the molecule is CCCOc1nnc(CNCC(C)C)s1. The Bertz CT molecular complexity index is 275. The first-order chi connectivity index (χ1) is 7.22. The average Bonchev–Trinajstić information content (AvgIpc) is 2.62. The summed E-state index contributed by atoms with van der Waals surface area (Å²) in [6, 6.07) is 0. The standard InChI is InChI=1S/C10H19N3OS/c1-4-5-14-10-13-12-9(15-10)7-11-6-8(2)3/h8,11H,4-7H2,1-3H3. The molecule has 86 valence electrons. The zero-order valence-corrected chi connectivity index (χ0v) is 10.4. The van der Waals surface area contributed by atoms with Gasteiger partial charge < -0.3 is 10.1 Å². The van der Waals surface area contributed by atoms with Gasteiger partial charge in [0, 0.05) is 6.54 Å². The van der Waals surface area contributed by atoms with Crippen LogP contribution in [0.4, 0.5) is 0 Å². The summed E-state index contributed by atoms with van der Waals surface area (Å²) in [6.07, 6.45) is 1.00. The normalized spacial score (nSPS) is 10.9. The molecule has 0 unspecified atom stereocenters. The lowest BCUT2D eigenvalue weighted by Crippen LogP contribution is -2.18. The van der Waals surface area contributed by atoms with Crippen molar-refractivity contribution in [1.82, 2.24) is 15.5 Å². The number of hydrogen-bond donors (Lipinski definition) is 1. The predicted octanol–water partition coefficient (Wildman–Crippen LogP) is 2.07. The number of nitrogens with zero attached hydrogens (tertiary/aromatic N) is 2. The summed E-state index contributed by atoms with van der Waals surface area (Å²) < 4.78 is 5.38. The van der Waals surface area contributed by atoms with E-state index in [0.29, 0.717) is 17.7 Å². The van der Waals surface area contributed by atoms with Crippen LogP contribution < -0.4 is 10.1 Å². The molecule has 0 atom stereocenters. The van der Waals surface area contributed by atoms with Gasteiger partial charge in [-0.2, -0.15) is 0 Å². The van der Waals surface area contributed by atoms with E-state index in [4.69, 9.17) is 4.74 Å². The summed E-state index contributed by atoms with van der Waals surface area (Å²) >= 11 is 1.52. The summed E-state index contributed by atoms with van der Waals surface area (Å²) in [5.41, 5.74) is 0. The van der Waals surface area contributed by atoms with Crippen molar-refractivity contribution in [3.8, 4) is 5.19 Å². The van der Waals surface area contributed by atoms with Gasteiger partial charge in [-0.1, -0.05) is 32.1 Å². The van der Waals surface area contributed by atoms with Crippen LogP contribution in [-0.2, 0) is 6.54 Å². The van der Waals surface area contributed by atoms with E-state index in [1.165, 1.54) is 11.3 Å². The van der Waals surface area contributed by atoms with Crippen LogP contribution >= 0.6 is 11.3 Å². The second-order valence-electron chi connectivity index (χ2n) is 3.83. The van der Waals surface area contributed by atoms with Crippen LogP contribution in [-0.4, -0.2) is 23.3 Å². The van der Waals surface area contributed by atoms with Crippen molar-refractivity contribution in [3.05, 3.63) is 5.01 Å². The Morgan fingerprint density at radius 1 is 1.40 bits per heavy atom. The third-order valence-electron chi connectivity index (χ3n) is 1.71. The lowest BCUT2D eigenvalue weighted by Gasteiger charge is -2.03. The van der Waals surface area contributed by atoms with Crippen LogP contribution in [0.5, 0.6) is 5.19 Å². The van der Waals surface area contributed by atoms with Crippen molar-refractivity contribution >= 4 is 11.3 Å². The summed E-state index contributed by atoms with van der Waals surface area (Å²) in [4.78, 5) is 0. The Labute approximate surface area is 95.1 Å². The smallest absolute Gasteiger partial charge is 0.294 e. The minimum atomic E-state index is 0.661. The number of nitrogens with one attached hydrogen (secondary N) is 1. The maximum atomic E-state index is 5.38. The molecular weight excluding hydrogens is 210 g/mol. The van der Waals surface area contributed by atoms with Gasteiger partial charge >= 0.3 is 0 Å². The molecule has 0 saturated carbocycles. The molecule has 5 heteroatoms. The van der Waals surface area contributed by atoms with Gasteiger partial charge in [-0.3, -0.25) is 0 Å². The summed E-state index contributed by atoms with van der Waals surface area (Å²) in [5.74, 6) is 0.661. The number of ether oxygens (including phenoxy) is 1. The van der Waals surface area contributed by atoms with E-state index in [1.54, 1.807) is 0 Å². The molecule has 0 radical (unpaired) electrons. The third kappa shape index (κ3) is 5.09. The average molecular weight is 229 g/mol. The molecule has 0 aliphatic carbocycles. The molecule has 0 amide bonds. The molecule has 0 aliphatic heterocycles. The first-order valence-corrected chi connectivity index (χ1v) is 6.20. The molecule has 1 heterocycles. The molecule has 1 N–H and O–H groups in total. The van der Waals surface area contributed by atoms with Crippen molar-refractivity contribution in [2.45, 2.75) is 33.7 Å². The monoisotopic (exact) mass is 229 g/mol. The molecule has 0 saturated heterocycles. The maximum Gasteiger partial charge on any atom is 0.294 e. The fourth-order valence-electron chi connectivity index (χ4n) is 1.03. The van der Waals surface area contributed by atoms with Gasteiger partial charge in [-0.25, -0.2) is 0 Å². The van der Waals surface area contributed by atoms with Crippen molar-refractivity contribution in [1.29, 1.82) is 0 Å². The highest BCUT2D eigenvalue weighted by atomic mass is 32.1. The van der Waals surface area contributed by atoms with Gasteiger partial charge in [0.2, 0.25) is 0 Å². The first kappa shape index (κ1) is 12.4. The quantitative estimate of drug-likeness (QED) is 0.777. The Kier molecular flexibility index (Phi) is 5.57. The highest BCUT2D eigenvalue weighted by molar-refractivity contribution is 7.13. The molecule has 4 nitrogen and oxygen atoms in total. The minimum absolute atomic E-state index is 0.661. The number of aromatic nitrogens is 2. The lowest BCUT2D eigenvalue weighted by atomic mass is 10.2. The fraction of sp³-hybridized carbons (Fsp3) is 0.800. The summed E-state index contributed by atoms with van der Waals surface area (Å²) in [5, 5.41) is 13.0. The van der Waals surface area contributed by atoms with Gasteiger partial charge in [0.05, 0.1) is 6.61 Å². The second kappa shape index (κ2) is 6.74. The first-order valence-electron chi connectivity index (χ1n) is 5.38. The zero-order chi connectivity index (χ0) is 11.1. The van der Waals surface area contributed by atoms with Gasteiger partial charge in [-0.05, 0) is 18.9 Å². The molecular formula is C10H19N3OS. The van der Waals surface area contributed by atoms with E-state index in [-0.39, 0.29) is 0 Å². The largest absolute Gasteiger partial charge is 0.469 e. The van der Waals surface area contributed by atoms with Crippen LogP contribution in [0.25, 0.3) is 0 Å². The molecule has 0 aliphatic rings. The van der Waals surface area contributed by atoms with Crippen LogP contribution in [0.1, 0.15) is 32.2 Å². The molecule has 0 bridgehead atoms. The van der Waals surface area contributed by atoms with Crippen LogP contribution in [0, 0.1) is 5.92 Å². The Hall–Kier alpha value is -0.680. The van der Waals surface area contributed by atoms with Crippen molar-refractivity contribution in [2.75, 3.05) is 13.2 Å². The van der Waals surface area contributed by atoms with Crippen molar-refractivity contribution < 1.29 is 4.74 Å². The number of rotatable bonds is 7. The number of hydrogen-bond acceptors (Lipinski definition) is 5. The minimum Gasteiger partial charge on any atom is -0.469 e. The van der Waals surface area contributed by atoms with Crippen molar-refractivity contribution in [2.24, 2.45) is 5.92 Å². The van der Waals surface area contributed by atoms with E-state index >= 15 is 0 Å². The molecule has 15 heavy (non-hydrogen) atoms. The Morgan fingerprint density at radius 2 is 2.20 bits per heavy atom. The Morgan fingerprint density at radius 3 is 2.87 bits per heavy atom. The van der Waals surface area contributed by atoms with Gasteiger partial charge in [-0.15, -0.1) is 10.2 Å². The molecule has 1 aromatic heterocycles. The third-order valence-corrected chi connectivity index (χ3v) is 2.54. The molecule has 0 aromatic carbocycles. The van der Waals surface area contributed by atoms with Crippen LogP contribution in [0.3, 0.4) is 0 Å². The zero-order valence-electron chi connectivity index (χ0n) is 9.62. The molecule has 0 spiro atoms. The molecule has 1 aromatic rings. The highest BCUT2D eigenvalue weighted by Crippen LogP contribution is 2.17. The van der Waals surface area contributed by atoms with E-state index in [2.05, 4.69) is 36.3 Å². The van der Waals surface area contributed by atoms with Gasteiger partial charge in [0.1, 0.15) is 5.01 Å². The van der Waals surface area contributed by atoms with Gasteiger partial charge in [0.15, 0.2) is 0 Å². The second-order valence-corrected chi connectivity index (χ2v) is 4.86. The summed E-state index contributed by atoms with van der Waals surface area (Å²) in [7, 11) is 0. The van der Waals surface area contributed by atoms with E-state index in [9.17, 15) is 0 Å². The van der Waals surface area contributed by atoms with E-state index in [1.807, 2.05) is 0 Å². The fourth-order valence-corrected chi connectivity index (χ4v) is 1.71. The van der Waals surface area contributed by atoms with Crippen LogP contribution in [0.2, 0.25) is 0 Å². The maximum absolute atomic E-state index is 5.38. The van der Waals surface area contributed by atoms with Gasteiger partial charge in [0.25, 0.3) is 5.19 Å². The highest BCUT2D eigenvalue weighted by Gasteiger charge is 2.04.